The van der Waals surface area contributed by atoms with Crippen molar-refractivity contribution in [2.45, 2.75) is 6.04 Å². The number of hydrogen-bond acceptors (Lipinski definition) is 5. The third-order valence-corrected chi connectivity index (χ3v) is 4.64. The van der Waals surface area contributed by atoms with Gasteiger partial charge in [-0.25, -0.2) is 4.79 Å². The van der Waals surface area contributed by atoms with E-state index < -0.39 is 5.69 Å². The Kier molecular flexibility index (Phi) is 6.41. The number of rotatable bonds is 7. The van der Waals surface area contributed by atoms with Gasteiger partial charge in [0.1, 0.15) is 11.4 Å². The van der Waals surface area contributed by atoms with Gasteiger partial charge < -0.3 is 19.9 Å². The molecule has 2 aromatic carbocycles. The molecule has 1 heterocycles. The molecule has 1 unspecified atom stereocenters. The summed E-state index contributed by atoms with van der Waals surface area (Å²) >= 11 is 0. The van der Waals surface area contributed by atoms with E-state index in [1.54, 1.807) is 37.4 Å². The Morgan fingerprint density at radius 3 is 2.45 bits per heavy atom. The maximum absolute atomic E-state index is 12.7. The second-order valence-corrected chi connectivity index (χ2v) is 6.81. The Bertz CT molecular complexity index is 1010. The van der Waals surface area contributed by atoms with Gasteiger partial charge in [-0.05, 0) is 50.0 Å². The normalized spacial score (nSPS) is 11.9. The Hall–Kier alpha value is -3.45. The van der Waals surface area contributed by atoms with Crippen LogP contribution in [0.1, 0.15) is 22.1 Å². The summed E-state index contributed by atoms with van der Waals surface area (Å²) in [6, 6.07) is 18.7. The van der Waals surface area contributed by atoms with Crippen molar-refractivity contribution >= 4 is 5.91 Å². The highest BCUT2D eigenvalue weighted by molar-refractivity contribution is 5.93. The fourth-order valence-electron chi connectivity index (χ4n) is 3.05. The van der Waals surface area contributed by atoms with Gasteiger partial charge in [-0.1, -0.05) is 30.3 Å². The molecule has 0 saturated carbocycles. The summed E-state index contributed by atoms with van der Waals surface area (Å²) < 4.78 is 5.14. The average molecular weight is 392 g/mol. The molecule has 1 atom stereocenters. The zero-order valence-corrected chi connectivity index (χ0v) is 16.7. The lowest BCUT2D eigenvalue weighted by atomic mass is 10.1. The summed E-state index contributed by atoms with van der Waals surface area (Å²) in [5.41, 5.74) is 1.84. The van der Waals surface area contributed by atoms with Crippen LogP contribution in [0.2, 0.25) is 0 Å². The molecule has 0 radical (unpaired) electrons. The van der Waals surface area contributed by atoms with Crippen LogP contribution in [0.15, 0.2) is 65.5 Å². The van der Waals surface area contributed by atoms with Crippen LogP contribution in [0.3, 0.4) is 0 Å². The van der Waals surface area contributed by atoms with E-state index in [1.165, 1.54) is 0 Å². The van der Waals surface area contributed by atoms with E-state index in [-0.39, 0.29) is 17.6 Å². The van der Waals surface area contributed by atoms with Gasteiger partial charge in [-0.2, -0.15) is 4.98 Å². The molecule has 150 valence electrons. The quantitative estimate of drug-likeness (QED) is 0.645. The molecule has 7 heteroatoms. The highest BCUT2D eigenvalue weighted by Crippen LogP contribution is 2.20. The second-order valence-electron chi connectivity index (χ2n) is 6.81. The topological polar surface area (TPSA) is 87.3 Å². The number of hydrogen-bond donors (Lipinski definition) is 2. The second kappa shape index (κ2) is 9.16. The smallest absolute Gasteiger partial charge is 0.346 e. The fourth-order valence-corrected chi connectivity index (χ4v) is 3.05. The third kappa shape index (κ3) is 5.08. The first-order valence-electron chi connectivity index (χ1n) is 9.23. The van der Waals surface area contributed by atoms with Crippen LogP contribution in [0, 0.1) is 0 Å². The van der Waals surface area contributed by atoms with E-state index >= 15 is 0 Å². The van der Waals surface area contributed by atoms with E-state index in [4.69, 9.17) is 4.74 Å². The lowest BCUT2D eigenvalue weighted by Gasteiger charge is -2.25. The molecule has 1 amide bonds. The number of likely N-dealkylation sites (N-methyl/N-ethyl adjacent to an activating group) is 1. The number of nitrogens with one attached hydrogen (secondary N) is 2. The van der Waals surface area contributed by atoms with Gasteiger partial charge in [0.15, 0.2) is 0 Å². The summed E-state index contributed by atoms with van der Waals surface area (Å²) in [4.78, 5) is 33.2. The largest absolute Gasteiger partial charge is 0.497 e. The number of ether oxygens (including phenoxy) is 1. The number of amides is 1. The Morgan fingerprint density at radius 2 is 1.83 bits per heavy atom. The lowest BCUT2D eigenvalue weighted by Crippen LogP contribution is -2.35. The highest BCUT2D eigenvalue weighted by Gasteiger charge is 2.17. The number of aromatic nitrogens is 2. The zero-order chi connectivity index (χ0) is 20.8. The van der Waals surface area contributed by atoms with Crippen LogP contribution in [-0.2, 0) is 0 Å². The van der Waals surface area contributed by atoms with Gasteiger partial charge in [0, 0.05) is 12.1 Å². The molecular formula is C22H24N4O3. The molecule has 0 aliphatic heterocycles. The molecule has 2 N–H and O–H groups in total. The number of nitrogens with zero attached hydrogens (tertiary/aromatic N) is 2. The minimum atomic E-state index is -0.573. The standard InChI is InChI=1S/C22H24N4O3/c1-26(2)20(16-7-5-4-6-8-16)14-23-21(27)19-13-18(24-22(28)25-19)15-9-11-17(29-3)12-10-15/h4-13,20H,14H2,1-3H3,(H,23,27)(H,24,25,28). The number of benzene rings is 2. The predicted octanol–water partition coefficient (Wildman–Crippen LogP) is 2.48. The molecule has 3 aromatic rings. The number of aromatic amines is 1. The first-order valence-corrected chi connectivity index (χ1v) is 9.23. The fraction of sp³-hybridized carbons (Fsp3) is 0.227. The van der Waals surface area contributed by atoms with Crippen molar-refractivity contribution in [1.82, 2.24) is 20.2 Å². The summed E-state index contributed by atoms with van der Waals surface area (Å²) in [5, 5.41) is 2.90. The number of carbonyl (C=O) groups is 1. The summed E-state index contributed by atoms with van der Waals surface area (Å²) in [6.07, 6.45) is 0. The molecule has 0 aliphatic rings. The van der Waals surface area contributed by atoms with Gasteiger partial charge in [-0.3, -0.25) is 4.79 Å². The van der Waals surface area contributed by atoms with Crippen molar-refractivity contribution < 1.29 is 9.53 Å². The summed E-state index contributed by atoms with van der Waals surface area (Å²) in [7, 11) is 5.50. The molecule has 1 aromatic heterocycles. The molecule has 7 nitrogen and oxygen atoms in total. The average Bonchev–Trinajstić information content (AvgIpc) is 2.74. The predicted molar refractivity (Wildman–Crippen MR) is 112 cm³/mol. The molecule has 0 fully saturated rings. The van der Waals surface area contributed by atoms with Crippen LogP contribution in [0.4, 0.5) is 0 Å². The van der Waals surface area contributed by atoms with Crippen LogP contribution < -0.4 is 15.7 Å². The molecular weight excluding hydrogens is 368 g/mol. The highest BCUT2D eigenvalue weighted by atomic mass is 16.5. The molecule has 0 spiro atoms. The van der Waals surface area contributed by atoms with Crippen LogP contribution in [-0.4, -0.2) is 48.5 Å². The van der Waals surface area contributed by atoms with E-state index in [0.29, 0.717) is 18.0 Å². The molecule has 29 heavy (non-hydrogen) atoms. The summed E-state index contributed by atoms with van der Waals surface area (Å²) in [5.74, 6) is 0.342. The van der Waals surface area contributed by atoms with Crippen LogP contribution in [0.25, 0.3) is 11.3 Å². The maximum atomic E-state index is 12.7. The number of H-pyrrole nitrogens is 1. The number of carbonyl (C=O) groups excluding carboxylic acids is 1. The van der Waals surface area contributed by atoms with Crippen LogP contribution in [0.5, 0.6) is 5.75 Å². The van der Waals surface area contributed by atoms with E-state index in [2.05, 4.69) is 15.3 Å². The van der Waals surface area contributed by atoms with Crippen molar-refractivity contribution in [2.24, 2.45) is 0 Å². The molecule has 0 saturated heterocycles. The molecule has 0 bridgehead atoms. The SMILES string of the molecule is COc1ccc(-c2cc(C(=O)NCC(c3ccccc3)N(C)C)[nH]c(=O)n2)cc1. The van der Waals surface area contributed by atoms with Gasteiger partial charge in [0.25, 0.3) is 5.91 Å². The number of methoxy groups -OCH3 is 1. The monoisotopic (exact) mass is 392 g/mol. The molecule has 0 aliphatic carbocycles. The Labute approximate surface area is 169 Å². The summed E-state index contributed by atoms with van der Waals surface area (Å²) in [6.45, 7) is 0.401. The van der Waals surface area contributed by atoms with Crippen molar-refractivity contribution in [3.8, 4) is 17.0 Å². The van der Waals surface area contributed by atoms with Crippen molar-refractivity contribution in [3.05, 3.63) is 82.4 Å². The molecule has 3 rings (SSSR count). The van der Waals surface area contributed by atoms with E-state index in [9.17, 15) is 9.59 Å². The minimum Gasteiger partial charge on any atom is -0.497 e. The maximum Gasteiger partial charge on any atom is 0.346 e. The third-order valence-electron chi connectivity index (χ3n) is 4.64. The first kappa shape index (κ1) is 20.3. The van der Waals surface area contributed by atoms with Gasteiger partial charge in [-0.15, -0.1) is 0 Å². The first-order chi connectivity index (χ1) is 14.0. The van der Waals surface area contributed by atoms with Crippen molar-refractivity contribution in [1.29, 1.82) is 0 Å². The van der Waals surface area contributed by atoms with Gasteiger partial charge in [0.05, 0.1) is 18.8 Å². The lowest BCUT2D eigenvalue weighted by molar-refractivity contribution is 0.0936. The van der Waals surface area contributed by atoms with Crippen LogP contribution >= 0.6 is 0 Å². The Morgan fingerprint density at radius 1 is 1.14 bits per heavy atom. The zero-order valence-electron chi connectivity index (χ0n) is 16.7. The minimum absolute atomic E-state index is 0.00904. The van der Waals surface area contributed by atoms with Gasteiger partial charge >= 0.3 is 5.69 Å². The Balaban J connectivity index is 1.78. The van der Waals surface area contributed by atoms with Crippen molar-refractivity contribution in [3.63, 3.8) is 0 Å². The van der Waals surface area contributed by atoms with Gasteiger partial charge in [0.2, 0.25) is 0 Å². The van der Waals surface area contributed by atoms with Crippen molar-refractivity contribution in [2.75, 3.05) is 27.7 Å². The van der Waals surface area contributed by atoms with E-state index in [0.717, 1.165) is 11.1 Å². The van der Waals surface area contributed by atoms with E-state index in [1.807, 2.05) is 49.3 Å².